The highest BCUT2D eigenvalue weighted by Crippen LogP contribution is 2.26. The number of hydrogen-bond donors (Lipinski definition) is 1. The molecule has 1 aliphatic heterocycles. The van der Waals surface area contributed by atoms with Crippen LogP contribution in [0.1, 0.15) is 28.7 Å². The van der Waals surface area contributed by atoms with Crippen molar-refractivity contribution in [2.75, 3.05) is 18.9 Å². The molecule has 1 fully saturated rings. The Kier molecular flexibility index (Phi) is 3.08. The molecule has 1 atom stereocenters. The van der Waals surface area contributed by atoms with E-state index in [0.717, 1.165) is 46.5 Å². The van der Waals surface area contributed by atoms with Crippen molar-refractivity contribution < 1.29 is 4.74 Å². The largest absolute Gasteiger partial charge is 0.399 e. The summed E-state index contributed by atoms with van der Waals surface area (Å²) in [6.07, 6.45) is 1.75. The second kappa shape index (κ2) is 5.09. The molecule has 0 aliphatic carbocycles. The van der Waals surface area contributed by atoms with Gasteiger partial charge in [-0.05, 0) is 24.1 Å². The molecule has 2 N–H and O–H groups in total. The van der Waals surface area contributed by atoms with Crippen LogP contribution >= 0.6 is 11.3 Å². The molecule has 0 amide bonds. The number of rotatable bonds is 3. The molecule has 3 heterocycles. The van der Waals surface area contributed by atoms with Crippen molar-refractivity contribution >= 4 is 22.0 Å². The molecule has 0 radical (unpaired) electrons. The molecule has 21 heavy (non-hydrogen) atoms. The average molecular weight is 301 g/mol. The standard InChI is InChI=1S/C14H15N5OS/c15-11-3-1-2-9(6-11)7-12-18-19-13(10-4-5-20-8-10)16-17-14(19)21-12/h1-3,6,10H,4-5,7-8,15H2. The van der Waals surface area contributed by atoms with Gasteiger partial charge in [0.05, 0.1) is 6.61 Å². The van der Waals surface area contributed by atoms with E-state index in [1.807, 2.05) is 22.7 Å². The van der Waals surface area contributed by atoms with Crippen molar-refractivity contribution in [2.45, 2.75) is 18.8 Å². The topological polar surface area (TPSA) is 78.3 Å². The Morgan fingerprint density at radius 2 is 2.33 bits per heavy atom. The maximum absolute atomic E-state index is 5.82. The van der Waals surface area contributed by atoms with Crippen molar-refractivity contribution in [1.82, 2.24) is 19.8 Å². The zero-order valence-corrected chi connectivity index (χ0v) is 12.2. The van der Waals surface area contributed by atoms with Crippen molar-refractivity contribution in [3.8, 4) is 0 Å². The lowest BCUT2D eigenvalue weighted by molar-refractivity contribution is 0.193. The van der Waals surface area contributed by atoms with Crippen LogP contribution in [0.2, 0.25) is 0 Å². The van der Waals surface area contributed by atoms with Gasteiger partial charge in [0.15, 0.2) is 5.82 Å². The summed E-state index contributed by atoms with van der Waals surface area (Å²) in [6, 6.07) is 7.89. The number of anilines is 1. The van der Waals surface area contributed by atoms with Gasteiger partial charge in [-0.25, -0.2) is 0 Å². The third-order valence-electron chi connectivity index (χ3n) is 3.66. The molecule has 1 aliphatic rings. The molecule has 0 bridgehead atoms. The summed E-state index contributed by atoms with van der Waals surface area (Å²) >= 11 is 1.57. The van der Waals surface area contributed by atoms with Crippen LogP contribution in [-0.2, 0) is 11.2 Å². The van der Waals surface area contributed by atoms with Crippen LogP contribution in [0.3, 0.4) is 0 Å². The van der Waals surface area contributed by atoms with E-state index in [2.05, 4.69) is 21.4 Å². The monoisotopic (exact) mass is 301 g/mol. The van der Waals surface area contributed by atoms with Crippen molar-refractivity contribution in [2.24, 2.45) is 0 Å². The highest BCUT2D eigenvalue weighted by molar-refractivity contribution is 7.16. The number of nitrogens with zero attached hydrogens (tertiary/aromatic N) is 4. The molecule has 1 unspecified atom stereocenters. The van der Waals surface area contributed by atoms with E-state index in [-0.39, 0.29) is 0 Å². The number of nitrogens with two attached hydrogens (primary N) is 1. The molecular weight excluding hydrogens is 286 g/mol. The molecule has 1 aromatic carbocycles. The predicted molar refractivity (Wildman–Crippen MR) is 80.5 cm³/mol. The summed E-state index contributed by atoms with van der Waals surface area (Å²) in [5.74, 6) is 1.22. The third-order valence-corrected chi connectivity index (χ3v) is 4.56. The van der Waals surface area contributed by atoms with Crippen molar-refractivity contribution in [3.63, 3.8) is 0 Å². The number of aromatic nitrogens is 4. The Hall–Kier alpha value is -1.99. The zero-order chi connectivity index (χ0) is 14.2. The van der Waals surface area contributed by atoms with Crippen molar-refractivity contribution in [1.29, 1.82) is 0 Å². The van der Waals surface area contributed by atoms with Gasteiger partial charge in [-0.2, -0.15) is 9.61 Å². The van der Waals surface area contributed by atoms with E-state index in [1.54, 1.807) is 11.3 Å². The minimum absolute atomic E-state index is 0.308. The van der Waals surface area contributed by atoms with Crippen LogP contribution in [0.25, 0.3) is 4.96 Å². The van der Waals surface area contributed by atoms with Gasteiger partial charge in [0, 0.05) is 24.6 Å². The molecule has 6 nitrogen and oxygen atoms in total. The lowest BCUT2D eigenvalue weighted by Crippen LogP contribution is -2.05. The SMILES string of the molecule is Nc1cccc(Cc2nn3c(C4CCOC4)nnc3s2)c1. The first-order valence-corrected chi connectivity index (χ1v) is 7.74. The minimum atomic E-state index is 0.308. The Morgan fingerprint density at radius 1 is 1.38 bits per heavy atom. The summed E-state index contributed by atoms with van der Waals surface area (Å²) in [6.45, 7) is 1.50. The first-order chi connectivity index (χ1) is 10.3. The number of fused-ring (bicyclic) bond motifs is 1. The second-order valence-corrected chi connectivity index (χ2v) is 6.27. The van der Waals surface area contributed by atoms with Crippen LogP contribution < -0.4 is 5.73 Å². The highest BCUT2D eigenvalue weighted by Gasteiger charge is 2.24. The quantitative estimate of drug-likeness (QED) is 0.747. The fourth-order valence-electron chi connectivity index (χ4n) is 2.61. The van der Waals surface area contributed by atoms with Gasteiger partial charge in [-0.1, -0.05) is 23.5 Å². The van der Waals surface area contributed by atoms with Gasteiger partial charge in [0.1, 0.15) is 5.01 Å². The number of hydrogen-bond acceptors (Lipinski definition) is 6. The van der Waals surface area contributed by atoms with E-state index in [0.29, 0.717) is 12.5 Å². The molecule has 108 valence electrons. The fourth-order valence-corrected chi connectivity index (χ4v) is 3.49. The van der Waals surface area contributed by atoms with Gasteiger partial charge in [0.25, 0.3) is 0 Å². The number of nitrogen functional groups attached to an aromatic ring is 1. The minimum Gasteiger partial charge on any atom is -0.399 e. The maximum atomic E-state index is 5.82. The van der Waals surface area contributed by atoms with Gasteiger partial charge >= 0.3 is 0 Å². The molecular formula is C14H15N5OS. The Bertz CT molecular complexity index is 775. The summed E-state index contributed by atoms with van der Waals surface area (Å²) in [5.41, 5.74) is 7.75. The van der Waals surface area contributed by atoms with E-state index in [9.17, 15) is 0 Å². The van der Waals surface area contributed by atoms with Crippen LogP contribution in [0.15, 0.2) is 24.3 Å². The Morgan fingerprint density at radius 3 is 3.14 bits per heavy atom. The summed E-state index contributed by atoms with van der Waals surface area (Å²) < 4.78 is 7.29. The first-order valence-electron chi connectivity index (χ1n) is 6.93. The molecule has 0 spiro atoms. The van der Waals surface area contributed by atoms with Crippen LogP contribution in [0, 0.1) is 0 Å². The van der Waals surface area contributed by atoms with Crippen molar-refractivity contribution in [3.05, 3.63) is 40.7 Å². The third kappa shape index (κ3) is 2.38. The molecule has 4 rings (SSSR count). The normalized spacial score (nSPS) is 18.6. The van der Waals surface area contributed by atoms with Gasteiger partial charge < -0.3 is 10.5 Å². The molecule has 7 heteroatoms. The second-order valence-electron chi connectivity index (χ2n) is 5.23. The van der Waals surface area contributed by atoms with Gasteiger partial charge in [-0.3, -0.25) is 0 Å². The van der Waals surface area contributed by atoms with Crippen LogP contribution in [0.4, 0.5) is 5.69 Å². The smallest absolute Gasteiger partial charge is 0.234 e. The van der Waals surface area contributed by atoms with E-state index >= 15 is 0 Å². The molecule has 3 aromatic rings. The Labute approximate surface area is 125 Å². The van der Waals surface area contributed by atoms with E-state index in [1.165, 1.54) is 0 Å². The predicted octanol–water partition coefficient (Wildman–Crippen LogP) is 1.86. The van der Waals surface area contributed by atoms with E-state index < -0.39 is 0 Å². The lowest BCUT2D eigenvalue weighted by Gasteiger charge is -2.02. The van der Waals surface area contributed by atoms with E-state index in [4.69, 9.17) is 10.5 Å². The highest BCUT2D eigenvalue weighted by atomic mass is 32.1. The Balaban J connectivity index is 1.64. The first kappa shape index (κ1) is 12.7. The maximum Gasteiger partial charge on any atom is 0.234 e. The molecule has 1 saturated heterocycles. The van der Waals surface area contributed by atoms with Crippen LogP contribution in [0.5, 0.6) is 0 Å². The van der Waals surface area contributed by atoms with Gasteiger partial charge in [-0.15, -0.1) is 10.2 Å². The summed E-state index contributed by atoms with van der Waals surface area (Å²) in [5, 5.41) is 14.2. The van der Waals surface area contributed by atoms with Gasteiger partial charge in [0.2, 0.25) is 4.96 Å². The zero-order valence-electron chi connectivity index (χ0n) is 11.4. The van der Waals surface area contributed by atoms with Crippen LogP contribution in [-0.4, -0.2) is 33.0 Å². The number of ether oxygens (including phenoxy) is 1. The average Bonchev–Trinajstić information content (AvgIpc) is 3.14. The molecule has 2 aromatic heterocycles. The summed E-state index contributed by atoms with van der Waals surface area (Å²) in [4.78, 5) is 0.843. The molecule has 0 saturated carbocycles. The lowest BCUT2D eigenvalue weighted by atomic mass is 10.1. The number of benzene rings is 1. The fraction of sp³-hybridized carbons (Fsp3) is 0.357. The summed E-state index contributed by atoms with van der Waals surface area (Å²) in [7, 11) is 0.